The van der Waals surface area contributed by atoms with Gasteiger partial charge in [-0.2, -0.15) is 0 Å². The van der Waals surface area contributed by atoms with Crippen molar-refractivity contribution >= 4 is 11.6 Å². The number of rotatable bonds is 1. The van der Waals surface area contributed by atoms with Gasteiger partial charge in [0, 0.05) is 24.2 Å². The maximum Gasteiger partial charge on any atom is 0.156 e. The molecular formula is C24H26O3. The van der Waals surface area contributed by atoms with Crippen LogP contribution in [0.5, 0.6) is 5.75 Å². The van der Waals surface area contributed by atoms with E-state index in [0.717, 1.165) is 44.1 Å². The summed E-state index contributed by atoms with van der Waals surface area (Å²) in [6.45, 7) is 2.20. The average Bonchev–Trinajstić information content (AvgIpc) is 2.96. The number of allylic oxidation sites excluding steroid dienone is 4. The van der Waals surface area contributed by atoms with E-state index in [1.54, 1.807) is 12.1 Å². The SMILES string of the molecule is C[C@]12CCC3=C4C(=CC(=O)C[C@H]4c4ccc(O)cc4)CC[C@H]3[C@@H]1CCC2=O. The Morgan fingerprint density at radius 3 is 2.59 bits per heavy atom. The van der Waals surface area contributed by atoms with Crippen LogP contribution in [-0.2, 0) is 9.59 Å². The number of phenolic OH excluding ortho intramolecular Hbond substituents is 1. The maximum absolute atomic E-state index is 12.6. The van der Waals surface area contributed by atoms with Crippen LogP contribution in [0.1, 0.15) is 63.4 Å². The molecule has 1 aromatic carbocycles. The van der Waals surface area contributed by atoms with E-state index in [0.29, 0.717) is 24.0 Å². The van der Waals surface area contributed by atoms with Gasteiger partial charge in [0.15, 0.2) is 5.78 Å². The third-order valence-electron chi connectivity index (χ3n) is 7.79. The Labute approximate surface area is 160 Å². The number of aromatic hydroxyl groups is 1. The van der Waals surface area contributed by atoms with Crippen molar-refractivity contribution in [1.82, 2.24) is 0 Å². The van der Waals surface area contributed by atoms with Crippen LogP contribution >= 0.6 is 0 Å². The molecule has 0 amide bonds. The summed E-state index contributed by atoms with van der Waals surface area (Å²) in [4.78, 5) is 25.0. The van der Waals surface area contributed by atoms with E-state index in [1.165, 1.54) is 16.7 Å². The average molecular weight is 362 g/mol. The smallest absolute Gasteiger partial charge is 0.156 e. The molecule has 0 aliphatic heterocycles. The first kappa shape index (κ1) is 17.0. The van der Waals surface area contributed by atoms with Gasteiger partial charge in [-0.05, 0) is 78.9 Å². The van der Waals surface area contributed by atoms with E-state index in [9.17, 15) is 14.7 Å². The van der Waals surface area contributed by atoms with Crippen molar-refractivity contribution < 1.29 is 14.7 Å². The number of hydrogen-bond acceptors (Lipinski definition) is 3. The fourth-order valence-electron chi connectivity index (χ4n) is 6.40. The summed E-state index contributed by atoms with van der Waals surface area (Å²) in [5.74, 6) is 2.00. The number of carbonyl (C=O) groups is 2. The van der Waals surface area contributed by atoms with Crippen molar-refractivity contribution in [3.05, 3.63) is 52.6 Å². The topological polar surface area (TPSA) is 54.4 Å². The molecule has 0 bridgehead atoms. The fourth-order valence-corrected chi connectivity index (χ4v) is 6.40. The number of benzene rings is 1. The lowest BCUT2D eigenvalue weighted by Gasteiger charge is -2.47. The van der Waals surface area contributed by atoms with E-state index in [-0.39, 0.29) is 22.9 Å². The first-order chi connectivity index (χ1) is 13.0. The van der Waals surface area contributed by atoms with Crippen molar-refractivity contribution in [2.75, 3.05) is 0 Å². The molecule has 5 rings (SSSR count). The van der Waals surface area contributed by atoms with Gasteiger partial charge in [-0.3, -0.25) is 9.59 Å². The highest BCUT2D eigenvalue weighted by atomic mass is 16.3. The number of hydrogen-bond donors (Lipinski definition) is 1. The van der Waals surface area contributed by atoms with Crippen LogP contribution < -0.4 is 0 Å². The molecule has 0 aromatic heterocycles. The summed E-state index contributed by atoms with van der Waals surface area (Å²) in [5.41, 5.74) is 5.12. The normalized spacial score (nSPS) is 35.4. The number of Topliss-reactive ketones (excluding diaryl/α,β-unsaturated/α-hetero) is 1. The molecule has 4 aliphatic rings. The van der Waals surface area contributed by atoms with Gasteiger partial charge in [-0.15, -0.1) is 0 Å². The first-order valence-corrected chi connectivity index (χ1v) is 10.3. The zero-order chi connectivity index (χ0) is 18.8. The fraction of sp³-hybridized carbons (Fsp3) is 0.500. The van der Waals surface area contributed by atoms with Crippen molar-refractivity contribution in [3.63, 3.8) is 0 Å². The summed E-state index contributed by atoms with van der Waals surface area (Å²) < 4.78 is 0. The largest absolute Gasteiger partial charge is 0.508 e. The predicted octanol–water partition coefficient (Wildman–Crippen LogP) is 4.86. The molecule has 4 aliphatic carbocycles. The minimum atomic E-state index is -0.130. The lowest BCUT2D eigenvalue weighted by molar-refractivity contribution is -0.128. The van der Waals surface area contributed by atoms with Crippen LogP contribution in [-0.4, -0.2) is 16.7 Å². The highest BCUT2D eigenvalue weighted by molar-refractivity contribution is 5.94. The molecule has 0 radical (unpaired) electrons. The lowest BCUT2D eigenvalue weighted by Crippen LogP contribution is -2.40. The third kappa shape index (κ3) is 2.47. The molecule has 3 nitrogen and oxygen atoms in total. The highest BCUT2D eigenvalue weighted by Gasteiger charge is 2.53. The van der Waals surface area contributed by atoms with Gasteiger partial charge >= 0.3 is 0 Å². The predicted molar refractivity (Wildman–Crippen MR) is 103 cm³/mol. The zero-order valence-electron chi connectivity index (χ0n) is 15.8. The van der Waals surface area contributed by atoms with Gasteiger partial charge in [-0.1, -0.05) is 24.6 Å². The lowest BCUT2D eigenvalue weighted by atomic mass is 9.56. The van der Waals surface area contributed by atoms with Gasteiger partial charge in [-0.25, -0.2) is 0 Å². The first-order valence-electron chi connectivity index (χ1n) is 10.3. The molecule has 140 valence electrons. The number of carbonyl (C=O) groups excluding carboxylic acids is 2. The standard InChI is InChI=1S/C24H26O3/c1-24-11-10-19-18(21(24)8-9-22(24)27)7-4-15-12-17(26)13-20(23(15)19)14-2-5-16(25)6-3-14/h2-3,5-6,12,18,20-21,25H,4,7-11,13H2,1H3/t18-,20+,21+,24+/m1/s1. The molecule has 3 heteroatoms. The van der Waals surface area contributed by atoms with Crippen LogP contribution in [0.2, 0.25) is 0 Å². The van der Waals surface area contributed by atoms with Gasteiger partial charge in [0.2, 0.25) is 0 Å². The minimum Gasteiger partial charge on any atom is -0.508 e. The molecule has 1 aromatic rings. The number of phenols is 1. The third-order valence-corrected chi connectivity index (χ3v) is 7.79. The second-order valence-electron chi connectivity index (χ2n) is 9.05. The van der Waals surface area contributed by atoms with Crippen molar-refractivity contribution in [2.45, 2.75) is 57.8 Å². The van der Waals surface area contributed by atoms with Crippen LogP contribution in [0.3, 0.4) is 0 Å². The minimum absolute atomic E-state index is 0.0948. The van der Waals surface area contributed by atoms with E-state index < -0.39 is 0 Å². The van der Waals surface area contributed by atoms with Crippen LogP contribution in [0.4, 0.5) is 0 Å². The summed E-state index contributed by atoms with van der Waals surface area (Å²) in [6, 6.07) is 7.35. The summed E-state index contributed by atoms with van der Waals surface area (Å²) in [5, 5.41) is 9.66. The Morgan fingerprint density at radius 1 is 1.04 bits per heavy atom. The number of fused-ring (bicyclic) bond motifs is 4. The monoisotopic (exact) mass is 362 g/mol. The van der Waals surface area contributed by atoms with Crippen LogP contribution in [0, 0.1) is 17.3 Å². The van der Waals surface area contributed by atoms with Crippen molar-refractivity contribution in [2.24, 2.45) is 17.3 Å². The summed E-state index contributed by atoms with van der Waals surface area (Å²) in [7, 11) is 0. The van der Waals surface area contributed by atoms with E-state index in [2.05, 4.69) is 6.92 Å². The zero-order valence-corrected chi connectivity index (χ0v) is 15.8. The molecule has 4 atom stereocenters. The van der Waals surface area contributed by atoms with Crippen molar-refractivity contribution in [1.29, 1.82) is 0 Å². The Bertz CT molecular complexity index is 889. The Morgan fingerprint density at radius 2 is 1.81 bits per heavy atom. The molecular weight excluding hydrogens is 336 g/mol. The Kier molecular flexibility index (Phi) is 3.72. The molecule has 0 heterocycles. The van der Waals surface area contributed by atoms with E-state index >= 15 is 0 Å². The molecule has 1 N–H and O–H groups in total. The van der Waals surface area contributed by atoms with Gasteiger partial charge in [0.1, 0.15) is 11.5 Å². The van der Waals surface area contributed by atoms with Gasteiger partial charge < -0.3 is 5.11 Å². The highest BCUT2D eigenvalue weighted by Crippen LogP contribution is 2.59. The summed E-state index contributed by atoms with van der Waals surface area (Å²) >= 11 is 0. The van der Waals surface area contributed by atoms with Gasteiger partial charge in [0.05, 0.1) is 0 Å². The second-order valence-corrected chi connectivity index (χ2v) is 9.05. The van der Waals surface area contributed by atoms with Crippen LogP contribution in [0.25, 0.3) is 0 Å². The second kappa shape index (κ2) is 5.92. The molecule has 2 saturated carbocycles. The quantitative estimate of drug-likeness (QED) is 0.776. The summed E-state index contributed by atoms with van der Waals surface area (Å²) in [6.07, 6.45) is 8.12. The van der Waals surface area contributed by atoms with E-state index in [1.807, 2.05) is 18.2 Å². The van der Waals surface area contributed by atoms with Crippen molar-refractivity contribution in [3.8, 4) is 5.75 Å². The van der Waals surface area contributed by atoms with Gasteiger partial charge in [0.25, 0.3) is 0 Å². The Balaban J connectivity index is 1.62. The van der Waals surface area contributed by atoms with E-state index in [4.69, 9.17) is 0 Å². The number of ketones is 2. The molecule has 0 saturated heterocycles. The molecule has 0 unspecified atom stereocenters. The molecule has 27 heavy (non-hydrogen) atoms. The molecule has 2 fully saturated rings. The Hall–Kier alpha value is -2.16. The molecule has 0 spiro atoms. The maximum atomic E-state index is 12.6. The van der Waals surface area contributed by atoms with Crippen LogP contribution in [0.15, 0.2) is 47.1 Å².